The van der Waals surface area contributed by atoms with Crippen molar-refractivity contribution in [2.75, 3.05) is 0 Å². The molecule has 1 N–H and O–H groups in total. The molecule has 0 amide bonds. The molecule has 0 spiro atoms. The van der Waals surface area contributed by atoms with E-state index in [1.54, 1.807) is 0 Å². The standard InChI is InChI=1S/C21H16N2O/c1-13-18-20(15-8-3-2-4-9-15)22-23-21(18)19-16-10-6-5-7-14(16)11-12-17(19)24-13/h2-13H,1H3,(H,22,23). The lowest BCUT2D eigenvalue weighted by Gasteiger charge is -2.25. The van der Waals surface area contributed by atoms with Gasteiger partial charge in [-0.05, 0) is 23.8 Å². The number of H-pyrrole nitrogens is 1. The molecule has 1 unspecified atom stereocenters. The predicted molar refractivity (Wildman–Crippen MR) is 96.0 cm³/mol. The third kappa shape index (κ3) is 1.81. The van der Waals surface area contributed by atoms with Crippen LogP contribution in [0.1, 0.15) is 18.6 Å². The number of nitrogens with zero attached hydrogens (tertiary/aromatic N) is 1. The van der Waals surface area contributed by atoms with Gasteiger partial charge in [0.15, 0.2) is 0 Å². The van der Waals surface area contributed by atoms with Crippen molar-refractivity contribution in [3.63, 3.8) is 0 Å². The summed E-state index contributed by atoms with van der Waals surface area (Å²) in [5.74, 6) is 0.914. The molecule has 0 radical (unpaired) electrons. The SMILES string of the molecule is CC1Oc2ccc3ccccc3c2-c2[nH]nc(-c3ccccc3)c21. The zero-order valence-corrected chi connectivity index (χ0v) is 13.3. The van der Waals surface area contributed by atoms with Crippen molar-refractivity contribution in [3.8, 4) is 28.3 Å². The third-order valence-electron chi connectivity index (χ3n) is 4.70. The molecule has 0 bridgehead atoms. The summed E-state index contributed by atoms with van der Waals surface area (Å²) in [6, 6.07) is 22.8. The largest absolute Gasteiger partial charge is 0.485 e. The summed E-state index contributed by atoms with van der Waals surface area (Å²) in [6.07, 6.45) is -0.0392. The number of hydrogen-bond acceptors (Lipinski definition) is 2. The summed E-state index contributed by atoms with van der Waals surface area (Å²) in [7, 11) is 0. The molecule has 0 saturated heterocycles. The van der Waals surface area contributed by atoms with Crippen LogP contribution in [-0.4, -0.2) is 10.2 Å². The van der Waals surface area contributed by atoms with Gasteiger partial charge in [-0.3, -0.25) is 5.10 Å². The zero-order chi connectivity index (χ0) is 16.1. The molecule has 4 aromatic rings. The Balaban J connectivity index is 1.82. The first-order chi connectivity index (χ1) is 11.8. The molecule has 3 heteroatoms. The Morgan fingerprint density at radius 3 is 2.58 bits per heavy atom. The van der Waals surface area contributed by atoms with Crippen LogP contribution >= 0.6 is 0 Å². The van der Waals surface area contributed by atoms with Gasteiger partial charge in [0.25, 0.3) is 0 Å². The van der Waals surface area contributed by atoms with Crippen molar-refractivity contribution >= 4 is 10.8 Å². The summed E-state index contributed by atoms with van der Waals surface area (Å²) in [5.41, 5.74) is 5.38. The van der Waals surface area contributed by atoms with Crippen molar-refractivity contribution in [2.45, 2.75) is 13.0 Å². The molecule has 5 rings (SSSR count). The van der Waals surface area contributed by atoms with Crippen LogP contribution in [0.5, 0.6) is 5.75 Å². The second-order valence-corrected chi connectivity index (χ2v) is 6.15. The van der Waals surface area contributed by atoms with Gasteiger partial charge in [0.05, 0.1) is 11.4 Å². The first-order valence-electron chi connectivity index (χ1n) is 8.15. The van der Waals surface area contributed by atoms with E-state index in [0.717, 1.165) is 33.8 Å². The summed E-state index contributed by atoms with van der Waals surface area (Å²) in [4.78, 5) is 0. The highest BCUT2D eigenvalue weighted by atomic mass is 16.5. The quantitative estimate of drug-likeness (QED) is 0.514. The van der Waals surface area contributed by atoms with Gasteiger partial charge < -0.3 is 4.74 Å². The Labute approximate surface area is 139 Å². The number of nitrogens with one attached hydrogen (secondary N) is 1. The average molecular weight is 312 g/mol. The Kier molecular flexibility index (Phi) is 2.77. The van der Waals surface area contributed by atoms with E-state index >= 15 is 0 Å². The summed E-state index contributed by atoms with van der Waals surface area (Å²) < 4.78 is 6.23. The number of rotatable bonds is 1. The number of aromatic nitrogens is 2. The summed E-state index contributed by atoms with van der Waals surface area (Å²) in [6.45, 7) is 2.08. The number of hydrogen-bond donors (Lipinski definition) is 1. The van der Waals surface area contributed by atoms with Crippen molar-refractivity contribution in [1.29, 1.82) is 0 Å². The number of aromatic amines is 1. The average Bonchev–Trinajstić information content (AvgIpc) is 3.08. The molecule has 0 saturated carbocycles. The minimum atomic E-state index is -0.0392. The van der Waals surface area contributed by atoms with E-state index in [2.05, 4.69) is 65.7 Å². The van der Waals surface area contributed by atoms with Crippen LogP contribution in [0.2, 0.25) is 0 Å². The molecule has 0 aliphatic carbocycles. The molecule has 3 nitrogen and oxygen atoms in total. The van der Waals surface area contributed by atoms with Crippen LogP contribution in [0.25, 0.3) is 33.3 Å². The summed E-state index contributed by atoms with van der Waals surface area (Å²) in [5, 5.41) is 10.3. The highest BCUT2D eigenvalue weighted by Crippen LogP contribution is 2.47. The Bertz CT molecular complexity index is 1050. The lowest BCUT2D eigenvalue weighted by molar-refractivity contribution is 0.224. The second kappa shape index (κ2) is 4.96. The number of ether oxygens (including phenoxy) is 1. The molecule has 116 valence electrons. The van der Waals surface area contributed by atoms with Gasteiger partial charge >= 0.3 is 0 Å². The predicted octanol–water partition coefficient (Wildman–Crippen LogP) is 5.35. The van der Waals surface area contributed by atoms with Crippen LogP contribution in [0.4, 0.5) is 0 Å². The van der Waals surface area contributed by atoms with E-state index in [0.29, 0.717) is 0 Å². The molecular formula is C21H16N2O. The second-order valence-electron chi connectivity index (χ2n) is 6.15. The highest BCUT2D eigenvalue weighted by molar-refractivity contribution is 6.01. The van der Waals surface area contributed by atoms with Crippen LogP contribution in [0.15, 0.2) is 66.7 Å². The first-order valence-corrected chi connectivity index (χ1v) is 8.15. The van der Waals surface area contributed by atoms with Gasteiger partial charge in [0.2, 0.25) is 0 Å². The fraction of sp³-hybridized carbons (Fsp3) is 0.0952. The van der Waals surface area contributed by atoms with Gasteiger partial charge in [-0.1, -0.05) is 60.7 Å². The summed E-state index contributed by atoms with van der Waals surface area (Å²) >= 11 is 0. The minimum Gasteiger partial charge on any atom is -0.485 e. The Morgan fingerprint density at radius 2 is 1.71 bits per heavy atom. The molecule has 24 heavy (non-hydrogen) atoms. The van der Waals surface area contributed by atoms with E-state index in [-0.39, 0.29) is 6.10 Å². The molecule has 0 fully saturated rings. The molecule has 1 aliphatic rings. The normalized spacial score (nSPS) is 15.6. The van der Waals surface area contributed by atoms with Crippen LogP contribution in [0.3, 0.4) is 0 Å². The third-order valence-corrected chi connectivity index (χ3v) is 4.70. The molecular weight excluding hydrogens is 296 g/mol. The van der Waals surface area contributed by atoms with Crippen molar-refractivity contribution in [1.82, 2.24) is 10.2 Å². The lowest BCUT2D eigenvalue weighted by atomic mass is 9.92. The van der Waals surface area contributed by atoms with Gasteiger partial charge in [0, 0.05) is 16.7 Å². The van der Waals surface area contributed by atoms with Gasteiger partial charge in [-0.2, -0.15) is 5.10 Å². The molecule has 1 aliphatic heterocycles. The van der Waals surface area contributed by atoms with E-state index in [9.17, 15) is 0 Å². The lowest BCUT2D eigenvalue weighted by Crippen LogP contribution is -2.11. The Morgan fingerprint density at radius 1 is 0.917 bits per heavy atom. The highest BCUT2D eigenvalue weighted by Gasteiger charge is 2.30. The smallest absolute Gasteiger partial charge is 0.130 e. The molecule has 1 atom stereocenters. The van der Waals surface area contributed by atoms with Crippen molar-refractivity contribution in [3.05, 3.63) is 72.3 Å². The molecule has 2 heterocycles. The first kappa shape index (κ1) is 13.4. The number of benzene rings is 3. The Hall–Kier alpha value is -3.07. The topological polar surface area (TPSA) is 37.9 Å². The van der Waals surface area contributed by atoms with E-state index in [4.69, 9.17) is 4.74 Å². The maximum absolute atomic E-state index is 6.23. The maximum Gasteiger partial charge on any atom is 0.130 e. The fourth-order valence-corrected chi connectivity index (χ4v) is 3.61. The van der Waals surface area contributed by atoms with Crippen LogP contribution in [-0.2, 0) is 0 Å². The maximum atomic E-state index is 6.23. The van der Waals surface area contributed by atoms with Crippen molar-refractivity contribution < 1.29 is 4.74 Å². The fourth-order valence-electron chi connectivity index (χ4n) is 3.61. The van der Waals surface area contributed by atoms with Crippen LogP contribution in [0, 0.1) is 0 Å². The van der Waals surface area contributed by atoms with Gasteiger partial charge in [-0.15, -0.1) is 0 Å². The number of fused-ring (bicyclic) bond motifs is 5. The molecule has 3 aromatic carbocycles. The van der Waals surface area contributed by atoms with Gasteiger partial charge in [-0.25, -0.2) is 0 Å². The van der Waals surface area contributed by atoms with E-state index < -0.39 is 0 Å². The van der Waals surface area contributed by atoms with E-state index in [1.807, 2.05) is 18.2 Å². The van der Waals surface area contributed by atoms with Gasteiger partial charge in [0.1, 0.15) is 11.9 Å². The molecule has 1 aromatic heterocycles. The zero-order valence-electron chi connectivity index (χ0n) is 13.3. The van der Waals surface area contributed by atoms with E-state index in [1.165, 1.54) is 10.8 Å². The van der Waals surface area contributed by atoms with Crippen molar-refractivity contribution in [2.24, 2.45) is 0 Å². The minimum absolute atomic E-state index is 0.0392. The van der Waals surface area contributed by atoms with Crippen LogP contribution < -0.4 is 4.74 Å². The monoisotopic (exact) mass is 312 g/mol.